The zero-order valence-electron chi connectivity index (χ0n) is 7.29. The normalized spacial score (nSPS) is 5.65. The van der Waals surface area contributed by atoms with Crippen molar-refractivity contribution in [3.05, 3.63) is 0 Å². The molecule has 0 heterocycles. The molecule has 0 aromatic carbocycles. The van der Waals surface area contributed by atoms with Crippen LogP contribution in [0.25, 0.3) is 0 Å². The second-order valence-corrected chi connectivity index (χ2v) is 3.67. The molecule has 0 unspecified atom stereocenters. The quantitative estimate of drug-likeness (QED) is 0.206. The molecule has 0 aliphatic heterocycles. The molecule has 0 aliphatic carbocycles. The molecule has 17 heteroatoms. The molecule has 17 heavy (non-hydrogen) atoms. The van der Waals surface area contributed by atoms with Gasteiger partial charge in [0.15, 0.2) is 0 Å². The third kappa shape index (κ3) is 769. The molecule has 0 saturated heterocycles. The first kappa shape index (κ1) is 31.8. The Bertz CT molecular complexity index is 166. The molecule has 0 amide bonds. The van der Waals surface area contributed by atoms with Crippen LogP contribution in [0.5, 0.6) is 0 Å². The van der Waals surface area contributed by atoms with Gasteiger partial charge in [0.2, 0.25) is 0 Å². The van der Waals surface area contributed by atoms with Crippen LogP contribution in [0.3, 0.4) is 0 Å². The molecule has 0 saturated carbocycles. The van der Waals surface area contributed by atoms with Gasteiger partial charge < -0.3 is 46.6 Å². The summed E-state index contributed by atoms with van der Waals surface area (Å²) in [5.41, 5.74) is 0. The Morgan fingerprint density at radius 2 is 0.471 bits per heavy atom. The van der Waals surface area contributed by atoms with Gasteiger partial charge >= 0.3 is 96.9 Å². The molecule has 0 N–H and O–H groups in total. The third-order valence-corrected chi connectivity index (χ3v) is 0. The van der Waals surface area contributed by atoms with Crippen LogP contribution in [0, 0.1) is 83.5 Å². The molecule has 0 rings (SSSR count). The maximum atomic E-state index is 8.58. The van der Waals surface area contributed by atoms with Gasteiger partial charge in [0.25, 0.3) is 0 Å². The Kier molecular flexibility index (Phi) is 80.1. The number of hydrogen-bond donors (Lipinski definition) is 0. The zero-order chi connectivity index (χ0) is 15.3. The summed E-state index contributed by atoms with van der Waals surface area (Å²) in [6.07, 6.45) is 0. The van der Waals surface area contributed by atoms with Crippen molar-refractivity contribution < 1.29 is 126 Å². The summed E-state index contributed by atoms with van der Waals surface area (Å²) in [6, 6.07) is 0. The molecule has 0 atom stereocenters. The minimum atomic E-state index is -3.37. The minimum absolute atomic E-state index is 2.51. The van der Waals surface area contributed by atoms with E-state index in [1.165, 1.54) is 0 Å². The first-order chi connectivity index (χ1) is 7.71. The van der Waals surface area contributed by atoms with E-state index in [0.717, 1.165) is 0 Å². The summed E-state index contributed by atoms with van der Waals surface area (Å²) in [6.45, 7) is 0. The maximum absolute atomic E-state index is 8.58. The number of rotatable bonds is 0. The van der Waals surface area contributed by atoms with E-state index in [0.29, 0.717) is 0 Å². The third-order valence-electron chi connectivity index (χ3n) is 0. The molecule has 0 bridgehead atoms. The molecule has 0 aliphatic rings. The van der Waals surface area contributed by atoms with E-state index in [-0.39, 0.29) is 0 Å². The van der Waals surface area contributed by atoms with E-state index in [9.17, 15) is 0 Å². The SMILES string of the molecule is [O-]P([O-])[O-].[O-]P([O-])[O-].[O]=[U+2]=[O].[O]=[U+2]=[O].[O]=[U+2]=[O]. The second kappa shape index (κ2) is 42.8. The van der Waals surface area contributed by atoms with Crippen LogP contribution >= 0.6 is 17.2 Å². The summed E-state index contributed by atoms with van der Waals surface area (Å²) in [7, 11) is -6.74. The topological polar surface area (TPSA) is 241 Å². The summed E-state index contributed by atoms with van der Waals surface area (Å²) in [5.74, 6) is 0. The standard InChI is InChI=1S/2O3P.6O.3U/c2*1-4(2)3;;;;;;;;;/q2*-3;;;;;;;3*+2. The van der Waals surface area contributed by atoms with E-state index in [2.05, 4.69) is 0 Å². The van der Waals surface area contributed by atoms with E-state index in [1.54, 1.807) is 0 Å². The van der Waals surface area contributed by atoms with Gasteiger partial charge in [-0.05, 0) is 0 Å². The molecule has 0 radical (unpaired) electrons. The molecule has 0 aromatic rings. The van der Waals surface area contributed by atoms with Crippen LogP contribution in [0.2, 0.25) is 0 Å². The molecule has 12 nitrogen and oxygen atoms in total. The predicted molar refractivity (Wildman–Crippen MR) is 18.0 cm³/mol. The first-order valence-corrected chi connectivity index (χ1v) is 14.7. The molecule has 0 aromatic heterocycles. The fraction of sp³-hybridized carbons (Fsp3) is 0. The molecule has 0 fully saturated rings. The fourth-order valence-corrected chi connectivity index (χ4v) is 0. The Morgan fingerprint density at radius 3 is 0.471 bits per heavy atom. The average Bonchev–Trinajstić information content (AvgIpc) is 2.03. The van der Waals surface area contributed by atoms with E-state index < -0.39 is 101 Å². The van der Waals surface area contributed by atoms with Gasteiger partial charge in [-0.1, -0.05) is 0 Å². The summed E-state index contributed by atoms with van der Waals surface area (Å²) >= 11 is -7.52. The van der Waals surface area contributed by atoms with E-state index in [1.807, 2.05) is 0 Å². The van der Waals surface area contributed by atoms with Gasteiger partial charge in [-0.15, -0.1) is 0 Å². The molecular weight excluding hydrogens is 968 g/mol. The Hall–Kier alpha value is 2.58. The van der Waals surface area contributed by atoms with E-state index >= 15 is 0 Å². The van der Waals surface area contributed by atoms with Crippen LogP contribution in [0.15, 0.2) is 0 Å². The molecule has 94 valence electrons. The van der Waals surface area contributed by atoms with Crippen molar-refractivity contribution in [2.75, 3.05) is 0 Å². The predicted octanol–water partition coefficient (Wildman–Crippen LogP) is -6.12. The van der Waals surface area contributed by atoms with Crippen molar-refractivity contribution >= 4 is 17.2 Å². The van der Waals surface area contributed by atoms with Crippen molar-refractivity contribution in [1.29, 1.82) is 0 Å². The van der Waals surface area contributed by atoms with Gasteiger partial charge in [-0.2, -0.15) is 0 Å². The van der Waals surface area contributed by atoms with Crippen molar-refractivity contribution in [3.8, 4) is 0 Å². The van der Waals surface area contributed by atoms with Crippen LogP contribution in [0.1, 0.15) is 0 Å². The van der Waals surface area contributed by atoms with Gasteiger partial charge in [0, 0.05) is 0 Å². The fourth-order valence-electron chi connectivity index (χ4n) is 0. The van der Waals surface area contributed by atoms with Gasteiger partial charge in [0.1, 0.15) is 0 Å². The van der Waals surface area contributed by atoms with E-state index in [4.69, 9.17) is 42.8 Å². The number of hydrogen-bond acceptors (Lipinski definition) is 12. The second-order valence-electron chi connectivity index (χ2n) is 0.697. The first-order valence-electron chi connectivity index (χ1n) is 2.32. The van der Waals surface area contributed by atoms with Gasteiger partial charge in [-0.3, -0.25) is 0 Å². The van der Waals surface area contributed by atoms with Crippen LogP contribution in [-0.2, 0) is 13.4 Å². The van der Waals surface area contributed by atoms with Gasteiger partial charge in [0.05, 0.1) is 0 Å². The average molecular weight is 968 g/mol. The van der Waals surface area contributed by atoms with Crippen molar-refractivity contribution in [3.63, 3.8) is 0 Å². The monoisotopic (exact) mass is 968 g/mol. The Balaban J connectivity index is -0.0000000356. The zero-order valence-corrected chi connectivity index (χ0v) is 21.6. The van der Waals surface area contributed by atoms with Crippen molar-refractivity contribution in [2.24, 2.45) is 0 Å². The van der Waals surface area contributed by atoms with Crippen LogP contribution in [-0.4, -0.2) is 0 Å². The van der Waals surface area contributed by atoms with Crippen molar-refractivity contribution in [1.82, 2.24) is 0 Å². The molecular formula is O12P2U3. The summed E-state index contributed by atoms with van der Waals surface area (Å²) in [5, 5.41) is 0. The molecule has 0 spiro atoms. The Morgan fingerprint density at radius 1 is 0.471 bits per heavy atom. The van der Waals surface area contributed by atoms with Crippen LogP contribution < -0.4 is 29.4 Å². The summed E-state index contributed by atoms with van der Waals surface area (Å²) < 4.78 is 51.5. The summed E-state index contributed by atoms with van der Waals surface area (Å²) in [4.78, 5) is 50.9. The van der Waals surface area contributed by atoms with Crippen LogP contribution in [0.4, 0.5) is 0 Å². The van der Waals surface area contributed by atoms with Gasteiger partial charge in [-0.25, -0.2) is 0 Å². The Labute approximate surface area is 141 Å². The van der Waals surface area contributed by atoms with Crippen molar-refractivity contribution in [2.45, 2.75) is 0 Å².